The van der Waals surface area contributed by atoms with Crippen molar-refractivity contribution in [1.82, 2.24) is 0 Å². The van der Waals surface area contributed by atoms with Gasteiger partial charge in [-0.05, 0) is 36.1 Å². The van der Waals surface area contributed by atoms with E-state index in [0.717, 1.165) is 0 Å². The Hall–Kier alpha value is -2.34. The first-order valence-electron chi connectivity index (χ1n) is 11.5. The van der Waals surface area contributed by atoms with Gasteiger partial charge in [0.05, 0.1) is 0 Å². The second-order valence-corrected chi connectivity index (χ2v) is 8.56. The molecule has 0 spiro atoms. The van der Waals surface area contributed by atoms with Gasteiger partial charge in [-0.3, -0.25) is 0 Å². The van der Waals surface area contributed by atoms with Gasteiger partial charge in [-0.2, -0.15) is 0 Å². The minimum atomic E-state index is -0.0208. The Morgan fingerprint density at radius 1 is 0.433 bits per heavy atom. The van der Waals surface area contributed by atoms with Gasteiger partial charge in [0.2, 0.25) is 0 Å². The highest BCUT2D eigenvalue weighted by atomic mass is 14.3. The number of aryl methyl sites for hydroxylation is 2. The molecule has 162 valence electrons. The summed E-state index contributed by atoms with van der Waals surface area (Å²) in [4.78, 5) is 0. The van der Waals surface area contributed by atoms with Crippen molar-refractivity contribution in [2.75, 3.05) is 0 Å². The van der Waals surface area contributed by atoms with Crippen molar-refractivity contribution in [2.24, 2.45) is 0 Å². The molecule has 3 aromatic rings. The molecule has 3 aromatic carbocycles. The van der Waals surface area contributed by atoms with Crippen molar-refractivity contribution < 1.29 is 0 Å². The average Bonchev–Trinajstić information content (AvgIpc) is 2.77. The summed E-state index contributed by atoms with van der Waals surface area (Å²) in [5.74, 6) is 0. The summed E-state index contributed by atoms with van der Waals surface area (Å²) in [7, 11) is 0. The van der Waals surface area contributed by atoms with Gasteiger partial charge < -0.3 is 0 Å². The summed E-state index contributed by atoms with van der Waals surface area (Å²) in [6.07, 6.45) is 0. The van der Waals surface area contributed by atoms with Gasteiger partial charge in [-0.1, -0.05) is 139 Å². The van der Waals surface area contributed by atoms with Crippen molar-refractivity contribution in [3.05, 3.63) is 106 Å². The standard InChI is InChI=1S/C26H30.2C2H6/c1-19-10-14-21(15-11-19)25(3,4)23-8-7-9-24(18-23)26(5,6)22-16-12-20(2)13-17-22;2*1-2/h7-18H,1-6H3;2*1-2H3. The summed E-state index contributed by atoms with van der Waals surface area (Å²) in [5.41, 5.74) is 8.00. The molecule has 0 radical (unpaired) electrons. The molecule has 0 atom stereocenters. The number of hydrogen-bond donors (Lipinski definition) is 0. The minimum absolute atomic E-state index is 0.0208. The Balaban J connectivity index is 0.00000106. The third-order valence-electron chi connectivity index (χ3n) is 5.85. The quantitative estimate of drug-likeness (QED) is 0.408. The predicted octanol–water partition coefficient (Wildman–Crippen LogP) is 9.01. The second-order valence-electron chi connectivity index (χ2n) is 8.56. The number of benzene rings is 3. The van der Waals surface area contributed by atoms with Crippen LogP contribution in [0, 0.1) is 13.8 Å². The van der Waals surface area contributed by atoms with Crippen molar-refractivity contribution in [3.8, 4) is 0 Å². The van der Waals surface area contributed by atoms with E-state index in [1.807, 2.05) is 27.7 Å². The highest BCUT2D eigenvalue weighted by molar-refractivity contribution is 5.45. The molecule has 0 bridgehead atoms. The minimum Gasteiger partial charge on any atom is -0.0683 e. The highest BCUT2D eigenvalue weighted by Crippen LogP contribution is 2.36. The summed E-state index contributed by atoms with van der Waals surface area (Å²) in [6.45, 7) is 21.5. The van der Waals surface area contributed by atoms with Crippen molar-refractivity contribution in [1.29, 1.82) is 0 Å². The highest BCUT2D eigenvalue weighted by Gasteiger charge is 2.27. The molecule has 0 amide bonds. The summed E-state index contributed by atoms with van der Waals surface area (Å²) in [6, 6.07) is 27.0. The molecule has 3 rings (SSSR count). The van der Waals surface area contributed by atoms with Gasteiger partial charge in [0, 0.05) is 10.8 Å². The van der Waals surface area contributed by atoms with Gasteiger partial charge in [-0.25, -0.2) is 0 Å². The van der Waals surface area contributed by atoms with Gasteiger partial charge in [0.1, 0.15) is 0 Å². The van der Waals surface area contributed by atoms with Crippen LogP contribution in [0.4, 0.5) is 0 Å². The molecular formula is C30H42. The van der Waals surface area contributed by atoms with E-state index < -0.39 is 0 Å². The van der Waals surface area contributed by atoms with Crippen LogP contribution in [0.3, 0.4) is 0 Å². The van der Waals surface area contributed by atoms with Gasteiger partial charge in [0.15, 0.2) is 0 Å². The van der Waals surface area contributed by atoms with E-state index in [2.05, 4.69) is 114 Å². The van der Waals surface area contributed by atoms with Crippen molar-refractivity contribution >= 4 is 0 Å². The fraction of sp³-hybridized carbons (Fsp3) is 0.400. The third-order valence-corrected chi connectivity index (χ3v) is 5.85. The fourth-order valence-corrected chi connectivity index (χ4v) is 3.57. The zero-order chi connectivity index (χ0) is 22.9. The lowest BCUT2D eigenvalue weighted by molar-refractivity contribution is 0.617. The van der Waals surface area contributed by atoms with Crippen LogP contribution in [0.25, 0.3) is 0 Å². The van der Waals surface area contributed by atoms with Gasteiger partial charge >= 0.3 is 0 Å². The van der Waals surface area contributed by atoms with Crippen LogP contribution in [-0.4, -0.2) is 0 Å². The van der Waals surface area contributed by atoms with Crippen LogP contribution in [0.2, 0.25) is 0 Å². The molecule has 0 saturated heterocycles. The molecule has 0 N–H and O–H groups in total. The third kappa shape index (κ3) is 5.85. The molecule has 30 heavy (non-hydrogen) atoms. The van der Waals surface area contributed by atoms with E-state index in [-0.39, 0.29) is 10.8 Å². The SMILES string of the molecule is CC.CC.Cc1ccc(C(C)(C)c2cccc(C(C)(C)c3ccc(C)cc3)c2)cc1. The smallest absolute Gasteiger partial charge is 0.0146 e. The Kier molecular flexibility index (Phi) is 9.56. The molecule has 0 aromatic heterocycles. The maximum atomic E-state index is 2.39. The van der Waals surface area contributed by atoms with Crippen LogP contribution in [0.1, 0.15) is 88.8 Å². The Morgan fingerprint density at radius 2 is 0.733 bits per heavy atom. The molecule has 0 unspecified atom stereocenters. The predicted molar refractivity (Wildman–Crippen MR) is 136 cm³/mol. The molecule has 0 fully saturated rings. The summed E-state index contributed by atoms with van der Waals surface area (Å²) in [5, 5.41) is 0. The van der Waals surface area contributed by atoms with Gasteiger partial charge in [0.25, 0.3) is 0 Å². The zero-order valence-electron chi connectivity index (χ0n) is 20.9. The summed E-state index contributed by atoms with van der Waals surface area (Å²) >= 11 is 0. The number of rotatable bonds is 4. The first-order valence-corrected chi connectivity index (χ1v) is 11.5. The average molecular weight is 403 g/mol. The van der Waals surface area contributed by atoms with E-state index in [1.165, 1.54) is 33.4 Å². The first-order chi connectivity index (χ1) is 14.2. The molecule has 0 heteroatoms. The normalized spacial score (nSPS) is 11.0. The van der Waals surface area contributed by atoms with Crippen LogP contribution in [-0.2, 0) is 10.8 Å². The first kappa shape index (κ1) is 25.7. The topological polar surface area (TPSA) is 0 Å². The second kappa shape index (κ2) is 11.2. The lowest BCUT2D eigenvalue weighted by Gasteiger charge is -2.31. The number of hydrogen-bond acceptors (Lipinski definition) is 0. The monoisotopic (exact) mass is 402 g/mol. The van der Waals surface area contributed by atoms with Crippen molar-refractivity contribution in [2.45, 2.75) is 80.1 Å². The van der Waals surface area contributed by atoms with Crippen LogP contribution in [0.5, 0.6) is 0 Å². The van der Waals surface area contributed by atoms with Crippen LogP contribution in [0.15, 0.2) is 72.8 Å². The Bertz CT molecular complexity index is 805. The van der Waals surface area contributed by atoms with Gasteiger partial charge in [-0.15, -0.1) is 0 Å². The maximum absolute atomic E-state index is 2.39. The largest absolute Gasteiger partial charge is 0.0683 e. The Labute approximate surface area is 186 Å². The van der Waals surface area contributed by atoms with Crippen molar-refractivity contribution in [3.63, 3.8) is 0 Å². The molecule has 0 heterocycles. The fourth-order valence-electron chi connectivity index (χ4n) is 3.57. The van der Waals surface area contributed by atoms with Crippen LogP contribution >= 0.6 is 0 Å². The Morgan fingerprint density at radius 3 is 1.03 bits per heavy atom. The molecule has 0 aliphatic heterocycles. The van der Waals surface area contributed by atoms with E-state index >= 15 is 0 Å². The van der Waals surface area contributed by atoms with E-state index in [9.17, 15) is 0 Å². The molecule has 0 nitrogen and oxygen atoms in total. The lowest BCUT2D eigenvalue weighted by atomic mass is 9.73. The van der Waals surface area contributed by atoms with E-state index in [0.29, 0.717) is 0 Å². The maximum Gasteiger partial charge on any atom is 0.0146 e. The molecule has 0 aliphatic carbocycles. The molecule has 0 aliphatic rings. The van der Waals surface area contributed by atoms with Crippen LogP contribution < -0.4 is 0 Å². The molecule has 0 saturated carbocycles. The van der Waals surface area contributed by atoms with E-state index in [4.69, 9.17) is 0 Å². The summed E-state index contributed by atoms with van der Waals surface area (Å²) < 4.78 is 0. The van der Waals surface area contributed by atoms with E-state index in [1.54, 1.807) is 0 Å². The lowest BCUT2D eigenvalue weighted by Crippen LogP contribution is -2.22. The molecular weight excluding hydrogens is 360 g/mol. The zero-order valence-corrected chi connectivity index (χ0v) is 20.9.